The highest BCUT2D eigenvalue weighted by atomic mass is 32.2. The monoisotopic (exact) mass is 340 g/mol. The van der Waals surface area contributed by atoms with E-state index < -0.39 is 0 Å². The lowest BCUT2D eigenvalue weighted by atomic mass is 10.3. The Labute approximate surface area is 141 Å². The van der Waals surface area contributed by atoms with E-state index in [1.165, 1.54) is 31.3 Å². The minimum Gasteiger partial charge on any atom is -0.377 e. The van der Waals surface area contributed by atoms with Crippen LogP contribution in [0.1, 0.15) is 27.7 Å². The summed E-state index contributed by atoms with van der Waals surface area (Å²) in [7, 11) is 0. The lowest BCUT2D eigenvalue weighted by Gasteiger charge is -2.28. The molecule has 0 saturated heterocycles. The van der Waals surface area contributed by atoms with Crippen molar-refractivity contribution in [1.29, 1.82) is 0 Å². The Bertz CT molecular complexity index is 506. The standard InChI is InChI=1S/C16H24N2O2S2/c1-11-13(3)21-15-16-18(12(2)14(4)22-16)6-8-20-10-9-19-7-5-17(11)15/h5-10H2,1-4H3/b16-15-. The zero-order valence-corrected chi connectivity index (χ0v) is 15.4. The molecule has 0 amide bonds. The van der Waals surface area contributed by atoms with Crippen LogP contribution in [0.4, 0.5) is 0 Å². The minimum absolute atomic E-state index is 0.678. The van der Waals surface area contributed by atoms with Gasteiger partial charge in [0, 0.05) is 34.3 Å². The van der Waals surface area contributed by atoms with Gasteiger partial charge in [0.15, 0.2) is 0 Å². The predicted molar refractivity (Wildman–Crippen MR) is 94.0 cm³/mol. The molecule has 122 valence electrons. The summed E-state index contributed by atoms with van der Waals surface area (Å²) in [6, 6.07) is 0. The van der Waals surface area contributed by atoms with Crippen LogP contribution in [0.5, 0.6) is 0 Å². The molecule has 6 heteroatoms. The summed E-state index contributed by atoms with van der Waals surface area (Å²) in [5, 5.41) is 2.70. The van der Waals surface area contributed by atoms with Crippen molar-refractivity contribution >= 4 is 23.5 Å². The van der Waals surface area contributed by atoms with E-state index in [0.29, 0.717) is 13.2 Å². The molecule has 3 rings (SSSR count). The van der Waals surface area contributed by atoms with Crippen molar-refractivity contribution < 1.29 is 9.47 Å². The van der Waals surface area contributed by atoms with Crippen LogP contribution >= 0.6 is 23.5 Å². The summed E-state index contributed by atoms with van der Waals surface area (Å²) >= 11 is 3.78. The summed E-state index contributed by atoms with van der Waals surface area (Å²) in [6.07, 6.45) is 0. The molecule has 0 aromatic carbocycles. The second kappa shape index (κ2) is 6.91. The van der Waals surface area contributed by atoms with Crippen LogP contribution in [-0.2, 0) is 9.47 Å². The van der Waals surface area contributed by atoms with Gasteiger partial charge in [-0.25, -0.2) is 0 Å². The van der Waals surface area contributed by atoms with Crippen molar-refractivity contribution in [1.82, 2.24) is 9.80 Å². The molecule has 0 fully saturated rings. The van der Waals surface area contributed by atoms with Crippen molar-refractivity contribution in [3.63, 3.8) is 0 Å². The first-order valence-electron chi connectivity index (χ1n) is 7.75. The molecule has 4 nitrogen and oxygen atoms in total. The maximum Gasteiger partial charge on any atom is 0.111 e. The average molecular weight is 341 g/mol. The quantitative estimate of drug-likeness (QED) is 0.666. The van der Waals surface area contributed by atoms with Gasteiger partial charge in [0.1, 0.15) is 10.1 Å². The summed E-state index contributed by atoms with van der Waals surface area (Å²) < 4.78 is 11.4. The van der Waals surface area contributed by atoms with Gasteiger partial charge in [0.2, 0.25) is 0 Å². The smallest absolute Gasteiger partial charge is 0.111 e. The maximum atomic E-state index is 5.70. The number of fused-ring (bicyclic) bond motifs is 2. The van der Waals surface area contributed by atoms with Crippen LogP contribution in [0.15, 0.2) is 31.3 Å². The Hall–Kier alpha value is -0.560. The van der Waals surface area contributed by atoms with Crippen LogP contribution in [-0.4, -0.2) is 49.3 Å². The second-order valence-corrected chi connectivity index (χ2v) is 8.03. The molecule has 3 heterocycles. The van der Waals surface area contributed by atoms with E-state index in [1.807, 2.05) is 23.5 Å². The van der Waals surface area contributed by atoms with Gasteiger partial charge in [-0.05, 0) is 27.7 Å². The number of allylic oxidation sites excluding steroid dienone is 4. The molecule has 0 saturated carbocycles. The molecule has 0 aromatic heterocycles. The summed E-state index contributed by atoms with van der Waals surface area (Å²) in [5.74, 6) is 0. The highest BCUT2D eigenvalue weighted by Gasteiger charge is 2.32. The SMILES string of the molecule is CC1=C(C)N2CCOCCOCCN3C(C)=C(C)S/C3=C/2S1. The van der Waals surface area contributed by atoms with Crippen molar-refractivity contribution in [2.75, 3.05) is 39.5 Å². The van der Waals surface area contributed by atoms with E-state index in [0.717, 1.165) is 26.3 Å². The van der Waals surface area contributed by atoms with E-state index >= 15 is 0 Å². The summed E-state index contributed by atoms with van der Waals surface area (Å²) in [5.41, 5.74) is 2.71. The number of ether oxygens (including phenoxy) is 2. The molecule has 0 bridgehead atoms. The number of hydrogen-bond donors (Lipinski definition) is 0. The highest BCUT2D eigenvalue weighted by Crippen LogP contribution is 2.50. The van der Waals surface area contributed by atoms with E-state index in [1.54, 1.807) is 0 Å². The van der Waals surface area contributed by atoms with Crippen LogP contribution in [0.2, 0.25) is 0 Å². The van der Waals surface area contributed by atoms with Crippen LogP contribution < -0.4 is 0 Å². The van der Waals surface area contributed by atoms with E-state index in [4.69, 9.17) is 9.47 Å². The number of rotatable bonds is 0. The number of nitrogens with zero attached hydrogens (tertiary/aromatic N) is 2. The third kappa shape index (κ3) is 3.07. The summed E-state index contributed by atoms with van der Waals surface area (Å²) in [6.45, 7) is 13.5. The van der Waals surface area contributed by atoms with Gasteiger partial charge in [-0.2, -0.15) is 0 Å². The molecule has 3 aliphatic heterocycles. The zero-order chi connectivity index (χ0) is 15.7. The molecule has 0 aromatic rings. The molecule has 0 spiro atoms. The normalized spacial score (nSPS) is 27.8. The van der Waals surface area contributed by atoms with E-state index in [9.17, 15) is 0 Å². The topological polar surface area (TPSA) is 24.9 Å². The van der Waals surface area contributed by atoms with E-state index in [2.05, 4.69) is 37.5 Å². The number of hydrogen-bond acceptors (Lipinski definition) is 6. The van der Waals surface area contributed by atoms with Gasteiger partial charge in [0.05, 0.1) is 26.4 Å². The van der Waals surface area contributed by atoms with Crippen LogP contribution in [0.25, 0.3) is 0 Å². The predicted octanol–water partition coefficient (Wildman–Crippen LogP) is 3.76. The fourth-order valence-electron chi connectivity index (χ4n) is 2.72. The Morgan fingerprint density at radius 2 is 1.09 bits per heavy atom. The van der Waals surface area contributed by atoms with Gasteiger partial charge >= 0.3 is 0 Å². The van der Waals surface area contributed by atoms with Crippen molar-refractivity contribution in [3.8, 4) is 0 Å². The Balaban J connectivity index is 1.95. The van der Waals surface area contributed by atoms with Crippen LogP contribution in [0, 0.1) is 0 Å². The third-order valence-electron chi connectivity index (χ3n) is 4.29. The average Bonchev–Trinajstić information content (AvgIpc) is 2.92. The second-order valence-electron chi connectivity index (χ2n) is 5.63. The van der Waals surface area contributed by atoms with Gasteiger partial charge in [-0.3, -0.25) is 0 Å². The van der Waals surface area contributed by atoms with Gasteiger partial charge in [-0.1, -0.05) is 23.5 Å². The van der Waals surface area contributed by atoms with Gasteiger partial charge in [0.25, 0.3) is 0 Å². The molecule has 22 heavy (non-hydrogen) atoms. The molecular formula is C16H24N2O2S2. The van der Waals surface area contributed by atoms with Crippen molar-refractivity contribution in [2.45, 2.75) is 27.7 Å². The van der Waals surface area contributed by atoms with Gasteiger partial charge in [-0.15, -0.1) is 0 Å². The first kappa shape index (κ1) is 16.3. The lowest BCUT2D eigenvalue weighted by Crippen LogP contribution is -2.29. The molecular weight excluding hydrogens is 316 g/mol. The van der Waals surface area contributed by atoms with Gasteiger partial charge < -0.3 is 19.3 Å². The molecule has 0 radical (unpaired) electrons. The fraction of sp³-hybridized carbons (Fsp3) is 0.625. The molecule has 0 aliphatic carbocycles. The minimum atomic E-state index is 0.678. The molecule has 0 unspecified atom stereocenters. The first-order chi connectivity index (χ1) is 10.6. The van der Waals surface area contributed by atoms with E-state index in [-0.39, 0.29) is 0 Å². The lowest BCUT2D eigenvalue weighted by molar-refractivity contribution is 0.0389. The molecule has 3 aliphatic rings. The van der Waals surface area contributed by atoms with Crippen molar-refractivity contribution in [2.24, 2.45) is 0 Å². The third-order valence-corrected chi connectivity index (χ3v) is 6.84. The Morgan fingerprint density at radius 3 is 1.50 bits per heavy atom. The maximum absolute atomic E-state index is 5.70. The molecule has 0 N–H and O–H groups in total. The highest BCUT2D eigenvalue weighted by molar-refractivity contribution is 8.10. The Morgan fingerprint density at radius 1 is 0.682 bits per heavy atom. The Kier molecular flexibility index (Phi) is 5.12. The zero-order valence-electron chi connectivity index (χ0n) is 13.8. The van der Waals surface area contributed by atoms with Crippen molar-refractivity contribution in [3.05, 3.63) is 31.3 Å². The first-order valence-corrected chi connectivity index (χ1v) is 9.38. The largest absolute Gasteiger partial charge is 0.377 e. The summed E-state index contributed by atoms with van der Waals surface area (Å²) in [4.78, 5) is 7.61. The molecule has 0 atom stereocenters. The fourth-order valence-corrected chi connectivity index (χ4v) is 5.14. The number of thioether (sulfide) groups is 2. The van der Waals surface area contributed by atoms with Crippen LogP contribution in [0.3, 0.4) is 0 Å².